The van der Waals surface area contributed by atoms with Gasteiger partial charge >= 0.3 is 0 Å². The number of hydrogen-bond acceptors (Lipinski definition) is 4. The van der Waals surface area contributed by atoms with Gasteiger partial charge in [-0.3, -0.25) is 9.69 Å². The molecule has 1 saturated heterocycles. The Morgan fingerprint density at radius 1 is 1.26 bits per heavy atom. The summed E-state index contributed by atoms with van der Waals surface area (Å²) < 4.78 is 13.2. The maximum Gasteiger partial charge on any atom is 0.276 e. The van der Waals surface area contributed by atoms with Crippen molar-refractivity contribution in [3.05, 3.63) is 59.7 Å². The molecular formula is C21H26FN3O2. The van der Waals surface area contributed by atoms with Crippen LogP contribution in [0.2, 0.25) is 0 Å². The lowest BCUT2D eigenvalue weighted by Gasteiger charge is -2.34. The van der Waals surface area contributed by atoms with Gasteiger partial charge in [0.25, 0.3) is 5.91 Å². The third kappa shape index (κ3) is 4.63. The van der Waals surface area contributed by atoms with Crippen LogP contribution in [0.25, 0.3) is 0 Å². The van der Waals surface area contributed by atoms with Crippen molar-refractivity contribution in [2.45, 2.75) is 32.9 Å². The molecule has 3 rings (SSSR count). The normalized spacial score (nSPS) is 18.5. The van der Waals surface area contributed by atoms with Crippen molar-refractivity contribution in [3.8, 4) is 5.75 Å². The van der Waals surface area contributed by atoms with E-state index < -0.39 is 0 Å². The molecule has 5 nitrogen and oxygen atoms in total. The minimum atomic E-state index is -0.234. The minimum absolute atomic E-state index is 0.0870. The molecule has 27 heavy (non-hydrogen) atoms. The molecule has 0 aliphatic carbocycles. The minimum Gasteiger partial charge on any atom is -0.505 e. The first kappa shape index (κ1) is 19.3. The van der Waals surface area contributed by atoms with Crippen molar-refractivity contribution < 1.29 is 14.3 Å². The molecule has 2 aromatic rings. The number of hydrogen-bond donors (Lipinski definition) is 1. The average Bonchev–Trinajstić information content (AvgIpc) is 2.86. The van der Waals surface area contributed by atoms with Gasteiger partial charge < -0.3 is 10.0 Å². The summed E-state index contributed by atoms with van der Waals surface area (Å²) in [5.41, 5.74) is 1.16. The Balaban J connectivity index is 1.77. The van der Waals surface area contributed by atoms with Crippen molar-refractivity contribution in [2.75, 3.05) is 19.6 Å². The van der Waals surface area contributed by atoms with E-state index in [0.29, 0.717) is 19.0 Å². The molecule has 6 heteroatoms. The van der Waals surface area contributed by atoms with E-state index in [4.69, 9.17) is 0 Å². The third-order valence-electron chi connectivity index (χ3n) is 5.09. The highest BCUT2D eigenvalue weighted by atomic mass is 19.1. The zero-order valence-corrected chi connectivity index (χ0v) is 15.8. The third-order valence-corrected chi connectivity index (χ3v) is 5.09. The maximum absolute atomic E-state index is 13.2. The lowest BCUT2D eigenvalue weighted by atomic mass is 10.0. The summed E-state index contributed by atoms with van der Waals surface area (Å²) in [5, 5.41) is 9.98. The molecule has 0 bridgehead atoms. The summed E-state index contributed by atoms with van der Waals surface area (Å²) in [4.78, 5) is 21.1. The fourth-order valence-corrected chi connectivity index (χ4v) is 3.61. The average molecular weight is 371 g/mol. The van der Waals surface area contributed by atoms with Crippen LogP contribution in [0.4, 0.5) is 4.39 Å². The quantitative estimate of drug-likeness (QED) is 0.896. The molecule has 1 aromatic carbocycles. The molecule has 1 N–H and O–H groups in total. The molecule has 0 saturated carbocycles. The van der Waals surface area contributed by atoms with Crippen LogP contribution >= 0.6 is 0 Å². The molecule has 1 fully saturated rings. The summed E-state index contributed by atoms with van der Waals surface area (Å²) >= 11 is 0. The van der Waals surface area contributed by atoms with Crippen molar-refractivity contribution >= 4 is 5.91 Å². The van der Waals surface area contributed by atoms with Crippen LogP contribution in [0.5, 0.6) is 5.75 Å². The number of benzene rings is 1. The molecule has 1 amide bonds. The van der Waals surface area contributed by atoms with Gasteiger partial charge in [0.2, 0.25) is 0 Å². The van der Waals surface area contributed by atoms with Gasteiger partial charge in [0.1, 0.15) is 11.6 Å². The Kier molecular flexibility index (Phi) is 6.06. The van der Waals surface area contributed by atoms with Crippen LogP contribution in [-0.2, 0) is 6.54 Å². The van der Waals surface area contributed by atoms with E-state index in [-0.39, 0.29) is 29.2 Å². The summed E-state index contributed by atoms with van der Waals surface area (Å²) in [6, 6.07) is 9.86. The number of aromatic hydroxyl groups is 1. The predicted molar refractivity (Wildman–Crippen MR) is 102 cm³/mol. The van der Waals surface area contributed by atoms with Gasteiger partial charge in [-0.1, -0.05) is 26.0 Å². The SMILES string of the molecule is CC(C)C1CN(C(=O)c2ncccc2O)CCCN1Cc1ccc(F)cc1. The number of nitrogens with zero attached hydrogens (tertiary/aromatic N) is 3. The van der Waals surface area contributed by atoms with Crippen molar-refractivity contribution in [3.63, 3.8) is 0 Å². The van der Waals surface area contributed by atoms with Gasteiger partial charge in [-0.05, 0) is 42.2 Å². The van der Waals surface area contributed by atoms with Crippen molar-refractivity contribution in [1.29, 1.82) is 0 Å². The monoisotopic (exact) mass is 371 g/mol. The number of aromatic nitrogens is 1. The van der Waals surface area contributed by atoms with E-state index in [1.165, 1.54) is 24.4 Å². The number of amides is 1. The van der Waals surface area contributed by atoms with E-state index in [1.807, 2.05) is 12.1 Å². The molecule has 1 aliphatic heterocycles. The fraction of sp³-hybridized carbons (Fsp3) is 0.429. The van der Waals surface area contributed by atoms with Crippen LogP contribution in [0, 0.1) is 11.7 Å². The fourth-order valence-electron chi connectivity index (χ4n) is 3.61. The first-order valence-corrected chi connectivity index (χ1v) is 9.37. The van der Waals surface area contributed by atoms with Gasteiger partial charge in [-0.2, -0.15) is 0 Å². The number of carbonyl (C=O) groups excluding carboxylic acids is 1. The van der Waals surface area contributed by atoms with Crippen LogP contribution in [0.1, 0.15) is 36.3 Å². The summed E-state index contributed by atoms with van der Waals surface area (Å²) in [5.74, 6) is -0.212. The lowest BCUT2D eigenvalue weighted by molar-refractivity contribution is 0.0693. The standard InChI is InChI=1S/C21H26FN3O2/c1-15(2)18-14-25(21(27)20-19(26)5-3-10-23-20)12-4-11-24(18)13-16-6-8-17(22)9-7-16/h3,5-10,15,18,26H,4,11-14H2,1-2H3. The van der Waals surface area contributed by atoms with Crippen LogP contribution in [-0.4, -0.2) is 51.5 Å². The summed E-state index contributed by atoms with van der Waals surface area (Å²) in [6.07, 6.45) is 2.36. The highest BCUT2D eigenvalue weighted by Crippen LogP contribution is 2.23. The van der Waals surface area contributed by atoms with Crippen LogP contribution in [0.3, 0.4) is 0 Å². The van der Waals surface area contributed by atoms with Gasteiger partial charge in [-0.25, -0.2) is 9.37 Å². The Bertz CT molecular complexity index is 779. The van der Waals surface area contributed by atoms with E-state index in [2.05, 4.69) is 23.7 Å². The summed E-state index contributed by atoms with van der Waals surface area (Å²) in [6.45, 7) is 7.08. The lowest BCUT2D eigenvalue weighted by Crippen LogP contribution is -2.45. The molecule has 0 spiro atoms. The van der Waals surface area contributed by atoms with E-state index in [0.717, 1.165) is 25.1 Å². The van der Waals surface area contributed by atoms with Gasteiger partial charge in [0.05, 0.1) is 0 Å². The first-order valence-electron chi connectivity index (χ1n) is 9.37. The highest BCUT2D eigenvalue weighted by Gasteiger charge is 2.31. The highest BCUT2D eigenvalue weighted by molar-refractivity contribution is 5.94. The number of carbonyl (C=O) groups is 1. The smallest absolute Gasteiger partial charge is 0.276 e. The molecule has 144 valence electrons. The molecule has 1 aromatic heterocycles. The molecule has 1 unspecified atom stereocenters. The Morgan fingerprint density at radius 2 is 2.00 bits per heavy atom. The summed E-state index contributed by atoms with van der Waals surface area (Å²) in [7, 11) is 0. The Hall–Kier alpha value is -2.47. The zero-order valence-electron chi connectivity index (χ0n) is 15.8. The number of rotatable bonds is 4. The second kappa shape index (κ2) is 8.48. The topological polar surface area (TPSA) is 56.7 Å². The molecule has 1 atom stereocenters. The van der Waals surface area contributed by atoms with Crippen LogP contribution in [0.15, 0.2) is 42.6 Å². The number of pyridine rings is 1. The maximum atomic E-state index is 13.2. The van der Waals surface area contributed by atoms with E-state index in [9.17, 15) is 14.3 Å². The van der Waals surface area contributed by atoms with Gasteiger partial charge in [-0.15, -0.1) is 0 Å². The van der Waals surface area contributed by atoms with E-state index >= 15 is 0 Å². The molecule has 1 aliphatic rings. The number of halogens is 1. The molecule has 2 heterocycles. The second-order valence-corrected chi connectivity index (χ2v) is 7.38. The largest absolute Gasteiger partial charge is 0.505 e. The Labute approximate surface area is 159 Å². The first-order chi connectivity index (χ1) is 13.0. The van der Waals surface area contributed by atoms with Crippen LogP contribution < -0.4 is 0 Å². The Morgan fingerprint density at radius 3 is 2.67 bits per heavy atom. The molecular weight excluding hydrogens is 345 g/mol. The van der Waals surface area contributed by atoms with Crippen molar-refractivity contribution in [2.24, 2.45) is 5.92 Å². The van der Waals surface area contributed by atoms with E-state index in [1.54, 1.807) is 11.0 Å². The van der Waals surface area contributed by atoms with Gasteiger partial charge in [0.15, 0.2) is 5.69 Å². The van der Waals surface area contributed by atoms with Gasteiger partial charge in [0, 0.05) is 38.4 Å². The molecule has 0 radical (unpaired) electrons. The predicted octanol–water partition coefficient (Wildman–Crippen LogP) is 3.30. The second-order valence-electron chi connectivity index (χ2n) is 7.38. The van der Waals surface area contributed by atoms with Crippen molar-refractivity contribution in [1.82, 2.24) is 14.8 Å². The zero-order chi connectivity index (χ0) is 19.4.